The van der Waals surface area contributed by atoms with Gasteiger partial charge >= 0.3 is 0 Å². The molecule has 0 spiro atoms. The topological polar surface area (TPSA) is 53.7 Å². The van der Waals surface area contributed by atoms with Gasteiger partial charge in [-0.2, -0.15) is 0 Å². The lowest BCUT2D eigenvalue weighted by Gasteiger charge is -2.50. The molecule has 1 N–H and O–H groups in total. The molecule has 3 rings (SSSR count). The molecule has 0 saturated heterocycles. The van der Waals surface area contributed by atoms with Crippen LogP contribution in [-0.4, -0.2) is 29.0 Å². The van der Waals surface area contributed by atoms with Crippen molar-refractivity contribution in [2.45, 2.75) is 51.5 Å². The van der Waals surface area contributed by atoms with E-state index in [2.05, 4.69) is 20.8 Å². The Morgan fingerprint density at radius 3 is 2.85 bits per heavy atom. The number of hydrogen-bond donors (Lipinski definition) is 1. The number of amides is 1. The summed E-state index contributed by atoms with van der Waals surface area (Å²) in [5.74, 6) is 0.642. The van der Waals surface area contributed by atoms with Gasteiger partial charge in [0.1, 0.15) is 5.75 Å². The molecule has 0 aliphatic heterocycles. The highest BCUT2D eigenvalue weighted by molar-refractivity contribution is 5.92. The largest absolute Gasteiger partial charge is 0.508 e. The molecule has 0 radical (unpaired) electrons. The van der Waals surface area contributed by atoms with Gasteiger partial charge in [-0.15, -0.1) is 0 Å². The van der Waals surface area contributed by atoms with Crippen molar-refractivity contribution in [2.24, 2.45) is 5.92 Å². The smallest absolute Gasteiger partial charge is 0.246 e. The van der Waals surface area contributed by atoms with Crippen LogP contribution >= 0.6 is 0 Å². The van der Waals surface area contributed by atoms with Gasteiger partial charge in [-0.25, -0.2) is 0 Å². The number of carbonyl (C=O) groups excluding carboxylic acids is 1. The average molecular weight is 367 g/mol. The first-order valence-corrected chi connectivity index (χ1v) is 9.60. The van der Waals surface area contributed by atoms with Crippen LogP contribution in [0, 0.1) is 12.8 Å². The summed E-state index contributed by atoms with van der Waals surface area (Å²) in [6.07, 6.45) is 9.83. The van der Waals surface area contributed by atoms with Crippen LogP contribution in [0.5, 0.6) is 5.75 Å². The molecule has 144 valence electrons. The maximum Gasteiger partial charge on any atom is 0.246 e. The molecule has 1 heterocycles. The zero-order chi connectivity index (χ0) is 19.6. The monoisotopic (exact) mass is 367 g/mol. The molecule has 4 heteroatoms. The Hall–Kier alpha value is -2.49. The maximum atomic E-state index is 12.9. The molecule has 0 bridgehead atoms. The number of phenolic OH excluding ortho intramolecular Hbond substituents is 1. The van der Waals surface area contributed by atoms with Gasteiger partial charge in [0.15, 0.2) is 0 Å². The van der Waals surface area contributed by atoms with Crippen molar-refractivity contribution >= 4 is 12.0 Å². The van der Waals surface area contributed by atoms with E-state index in [1.807, 2.05) is 30.1 Å². The Morgan fingerprint density at radius 2 is 2.15 bits per heavy atom. The maximum absolute atomic E-state index is 12.9. The first-order chi connectivity index (χ1) is 12.8. The second-order valence-corrected chi connectivity index (χ2v) is 8.07. The molecule has 1 fully saturated rings. The lowest BCUT2D eigenvalue weighted by atomic mass is 9.62. The predicted octanol–water partition coefficient (Wildman–Crippen LogP) is 4.91. The molecule has 4 nitrogen and oxygen atoms in total. The van der Waals surface area contributed by atoms with Gasteiger partial charge in [0.05, 0.1) is 12.5 Å². The molecule has 3 atom stereocenters. The van der Waals surface area contributed by atoms with Crippen LogP contribution in [0.3, 0.4) is 0 Å². The number of aryl methyl sites for hydroxylation is 1. The summed E-state index contributed by atoms with van der Waals surface area (Å²) in [6, 6.07) is 7.46. The van der Waals surface area contributed by atoms with E-state index in [1.54, 1.807) is 30.7 Å². The number of hydrogen-bond acceptors (Lipinski definition) is 3. The molecule has 1 unspecified atom stereocenters. The molecule has 27 heavy (non-hydrogen) atoms. The lowest BCUT2D eigenvalue weighted by Crippen LogP contribution is -2.55. The highest BCUT2D eigenvalue weighted by Gasteiger charge is 2.45. The third kappa shape index (κ3) is 3.80. The van der Waals surface area contributed by atoms with E-state index in [4.69, 9.17) is 4.42 Å². The minimum Gasteiger partial charge on any atom is -0.508 e. The lowest BCUT2D eigenvalue weighted by molar-refractivity contribution is -0.130. The summed E-state index contributed by atoms with van der Waals surface area (Å²) in [5, 5.41) is 10.1. The zero-order valence-corrected chi connectivity index (χ0v) is 16.6. The van der Waals surface area contributed by atoms with Crippen molar-refractivity contribution in [1.82, 2.24) is 4.90 Å². The molecule has 1 aromatic heterocycles. The first-order valence-electron chi connectivity index (χ1n) is 9.60. The standard InChI is InChI=1S/C23H29NO3/c1-16-7-9-19(25)14-20(16)23(3)12-5-6-17(2)22(23)24(4)21(26)10-8-18-11-13-27-15-18/h7-11,13-15,17,22,25H,5-6,12H2,1-4H3/b10-8+/t17?,22-,23-/m1/s1. The second-order valence-electron chi connectivity index (χ2n) is 8.07. The van der Waals surface area contributed by atoms with Crippen molar-refractivity contribution in [3.05, 3.63) is 59.6 Å². The van der Waals surface area contributed by atoms with E-state index in [0.717, 1.165) is 36.0 Å². The number of benzene rings is 1. The summed E-state index contributed by atoms with van der Waals surface area (Å²) in [7, 11) is 1.89. The SMILES string of the molecule is Cc1ccc(O)cc1[C@@]1(C)CCCC(C)[C@H]1N(C)C(=O)/C=C/c1ccoc1. The molecular formula is C23H29NO3. The fraction of sp³-hybridized carbons (Fsp3) is 0.435. The first kappa shape index (κ1) is 19.3. The van der Waals surface area contributed by atoms with Crippen molar-refractivity contribution in [3.8, 4) is 5.75 Å². The van der Waals surface area contributed by atoms with Gasteiger partial charge in [0.2, 0.25) is 5.91 Å². The van der Waals surface area contributed by atoms with Crippen LogP contribution < -0.4 is 0 Å². The summed E-state index contributed by atoms with van der Waals surface area (Å²) in [4.78, 5) is 14.8. The number of nitrogens with zero attached hydrogens (tertiary/aromatic N) is 1. The van der Waals surface area contributed by atoms with E-state index in [0.29, 0.717) is 5.92 Å². The Labute approximate surface area is 161 Å². The Balaban J connectivity index is 1.93. The zero-order valence-electron chi connectivity index (χ0n) is 16.6. The molecule has 1 aromatic carbocycles. The fourth-order valence-corrected chi connectivity index (χ4v) is 4.85. The number of aromatic hydroxyl groups is 1. The van der Waals surface area contributed by atoms with E-state index in [-0.39, 0.29) is 23.1 Å². The van der Waals surface area contributed by atoms with Gasteiger partial charge in [0.25, 0.3) is 0 Å². The van der Waals surface area contributed by atoms with Crippen LogP contribution in [-0.2, 0) is 10.2 Å². The quantitative estimate of drug-likeness (QED) is 0.781. The van der Waals surface area contributed by atoms with Gasteiger partial charge < -0.3 is 14.4 Å². The van der Waals surface area contributed by atoms with E-state index in [9.17, 15) is 9.90 Å². The molecule has 1 saturated carbocycles. The normalized spacial score (nSPS) is 25.6. The highest BCUT2D eigenvalue weighted by Crippen LogP contribution is 2.46. The highest BCUT2D eigenvalue weighted by atomic mass is 16.3. The third-order valence-electron chi connectivity index (χ3n) is 6.11. The van der Waals surface area contributed by atoms with Crippen molar-refractivity contribution in [1.29, 1.82) is 0 Å². The van der Waals surface area contributed by atoms with E-state index < -0.39 is 0 Å². The molecule has 1 amide bonds. The number of likely N-dealkylation sites (N-methyl/N-ethyl adjacent to an activating group) is 1. The number of rotatable bonds is 4. The minimum atomic E-state index is -0.200. The number of phenols is 1. The summed E-state index contributed by atoms with van der Waals surface area (Å²) < 4.78 is 5.06. The van der Waals surface area contributed by atoms with E-state index in [1.165, 1.54) is 0 Å². The van der Waals surface area contributed by atoms with Crippen LogP contribution in [0.1, 0.15) is 49.8 Å². The van der Waals surface area contributed by atoms with Crippen LogP contribution in [0.25, 0.3) is 6.08 Å². The third-order valence-corrected chi connectivity index (χ3v) is 6.11. The van der Waals surface area contributed by atoms with Crippen LogP contribution in [0.4, 0.5) is 0 Å². The average Bonchev–Trinajstić information content (AvgIpc) is 3.15. The fourth-order valence-electron chi connectivity index (χ4n) is 4.85. The molecule has 2 aromatic rings. The molecule has 1 aliphatic carbocycles. The summed E-state index contributed by atoms with van der Waals surface area (Å²) >= 11 is 0. The Bertz CT molecular complexity index is 824. The summed E-state index contributed by atoms with van der Waals surface area (Å²) in [6.45, 7) is 6.54. The van der Waals surface area contributed by atoms with Crippen LogP contribution in [0.2, 0.25) is 0 Å². The number of furan rings is 1. The van der Waals surface area contributed by atoms with Crippen molar-refractivity contribution in [2.75, 3.05) is 7.05 Å². The second kappa shape index (κ2) is 7.63. The van der Waals surface area contributed by atoms with E-state index >= 15 is 0 Å². The Kier molecular flexibility index (Phi) is 5.45. The van der Waals surface area contributed by atoms with Gasteiger partial charge in [-0.3, -0.25) is 4.79 Å². The number of carbonyl (C=O) groups is 1. The van der Waals surface area contributed by atoms with Gasteiger partial charge in [0, 0.05) is 30.1 Å². The molecule has 1 aliphatic rings. The van der Waals surface area contributed by atoms with Crippen molar-refractivity contribution < 1.29 is 14.3 Å². The van der Waals surface area contributed by atoms with Gasteiger partial charge in [-0.1, -0.05) is 26.3 Å². The Morgan fingerprint density at radius 1 is 1.37 bits per heavy atom. The summed E-state index contributed by atoms with van der Waals surface area (Å²) in [5.41, 5.74) is 2.97. The van der Waals surface area contributed by atoms with Crippen molar-refractivity contribution in [3.63, 3.8) is 0 Å². The minimum absolute atomic E-state index is 0.0148. The molecular weight excluding hydrogens is 338 g/mol. The predicted molar refractivity (Wildman–Crippen MR) is 108 cm³/mol. The van der Waals surface area contributed by atoms with Crippen LogP contribution in [0.15, 0.2) is 47.3 Å². The van der Waals surface area contributed by atoms with Gasteiger partial charge in [-0.05, 0) is 61.1 Å².